The molecule has 0 unspecified atom stereocenters. The topological polar surface area (TPSA) is 58.2 Å². The first-order valence-corrected chi connectivity index (χ1v) is 11.7. The second-order valence-corrected chi connectivity index (χ2v) is 8.23. The number of nitrogens with one attached hydrogen (secondary N) is 2. The van der Waals surface area contributed by atoms with Gasteiger partial charge in [-0.25, -0.2) is 0 Å². The third kappa shape index (κ3) is 17.1. The Morgan fingerprint density at radius 1 is 0.407 bits per heavy atom. The lowest BCUT2D eigenvalue weighted by molar-refractivity contribution is -0.119. The fourth-order valence-corrected chi connectivity index (χ4v) is 3.72. The van der Waals surface area contributed by atoms with E-state index >= 15 is 0 Å². The van der Waals surface area contributed by atoms with Crippen molar-refractivity contribution in [3.63, 3.8) is 0 Å². The minimum absolute atomic E-state index is 0.386. The zero-order valence-electron chi connectivity index (χ0n) is 17.7. The molecule has 0 aliphatic carbocycles. The first kappa shape index (κ1) is 24.3. The third-order valence-electron chi connectivity index (χ3n) is 5.51. The van der Waals surface area contributed by atoms with Crippen LogP contribution >= 0.6 is 0 Å². The van der Waals surface area contributed by atoms with Crippen LogP contribution in [0.3, 0.4) is 0 Å². The lowest BCUT2D eigenvalue weighted by atomic mass is 10.0. The third-order valence-corrected chi connectivity index (χ3v) is 5.51. The molecule has 2 aliphatic rings. The number of hydrogen-bond donors (Lipinski definition) is 2. The van der Waals surface area contributed by atoms with Gasteiger partial charge in [0.25, 0.3) is 0 Å². The number of carbonyl (C=O) groups excluding carboxylic acids is 2. The van der Waals surface area contributed by atoms with Crippen molar-refractivity contribution in [2.75, 3.05) is 26.2 Å². The van der Waals surface area contributed by atoms with E-state index in [0.717, 1.165) is 38.8 Å². The standard InChI is InChI=1S/C13H25NO.C10H19NO/c15-13-10-8-6-4-2-1-3-5-7-9-11-14-12-13;12-10-7-5-3-1-2-4-6-8-11-9-10/h14H,1-12H2;11H,1-9H2. The van der Waals surface area contributed by atoms with Crippen molar-refractivity contribution in [3.05, 3.63) is 0 Å². The van der Waals surface area contributed by atoms with Crippen LogP contribution in [0.5, 0.6) is 0 Å². The zero-order chi connectivity index (χ0) is 19.4. The minimum Gasteiger partial charge on any atom is -0.310 e. The molecular weight excluding hydrogens is 336 g/mol. The van der Waals surface area contributed by atoms with Crippen LogP contribution in [-0.2, 0) is 9.59 Å². The smallest absolute Gasteiger partial charge is 0.146 e. The van der Waals surface area contributed by atoms with Crippen molar-refractivity contribution in [2.24, 2.45) is 0 Å². The van der Waals surface area contributed by atoms with Crippen molar-refractivity contribution >= 4 is 11.6 Å². The minimum atomic E-state index is 0.386. The van der Waals surface area contributed by atoms with Crippen molar-refractivity contribution in [1.82, 2.24) is 10.6 Å². The summed E-state index contributed by atoms with van der Waals surface area (Å²) >= 11 is 0. The maximum atomic E-state index is 11.4. The van der Waals surface area contributed by atoms with Gasteiger partial charge < -0.3 is 10.6 Å². The summed E-state index contributed by atoms with van der Waals surface area (Å²) in [5, 5.41) is 6.42. The molecule has 0 aromatic heterocycles. The van der Waals surface area contributed by atoms with Gasteiger partial charge in [-0.05, 0) is 38.8 Å². The van der Waals surface area contributed by atoms with Crippen LogP contribution in [-0.4, -0.2) is 37.7 Å². The van der Waals surface area contributed by atoms with E-state index in [-0.39, 0.29) is 0 Å². The molecule has 0 amide bonds. The maximum Gasteiger partial charge on any atom is 0.146 e. The predicted molar refractivity (Wildman–Crippen MR) is 114 cm³/mol. The summed E-state index contributed by atoms with van der Waals surface area (Å²) in [6.45, 7) is 3.23. The van der Waals surface area contributed by atoms with E-state index in [2.05, 4.69) is 10.6 Å². The zero-order valence-corrected chi connectivity index (χ0v) is 17.7. The van der Waals surface area contributed by atoms with Crippen molar-refractivity contribution in [1.29, 1.82) is 0 Å². The van der Waals surface area contributed by atoms with Crippen LogP contribution in [0.1, 0.15) is 109 Å². The Hall–Kier alpha value is -0.740. The fraction of sp³-hybridized carbons (Fsp3) is 0.913. The van der Waals surface area contributed by atoms with Crippen LogP contribution in [0.25, 0.3) is 0 Å². The van der Waals surface area contributed by atoms with E-state index in [1.165, 1.54) is 83.5 Å². The molecular formula is C23H44N2O2. The molecule has 4 heteroatoms. The molecule has 2 aliphatic heterocycles. The number of carbonyl (C=O) groups is 2. The summed E-state index contributed by atoms with van der Waals surface area (Å²) < 4.78 is 0. The van der Waals surface area contributed by atoms with E-state index in [4.69, 9.17) is 0 Å². The van der Waals surface area contributed by atoms with Gasteiger partial charge in [0.15, 0.2) is 0 Å². The molecule has 0 aromatic carbocycles. The molecule has 2 saturated heterocycles. The summed E-state index contributed by atoms with van der Waals surface area (Å²) in [6.07, 6.45) is 20.9. The molecule has 27 heavy (non-hydrogen) atoms. The Morgan fingerprint density at radius 3 is 1.07 bits per heavy atom. The number of Topliss-reactive ketones (excluding diaryl/α,β-unsaturated/α-hetero) is 2. The van der Waals surface area contributed by atoms with E-state index in [0.29, 0.717) is 24.7 Å². The Morgan fingerprint density at radius 2 is 0.704 bits per heavy atom. The SMILES string of the molecule is O=C1CCCCCCCCCCCNC1.O=C1CCCCCCCCNC1. The Bertz CT molecular complexity index is 341. The molecule has 2 fully saturated rings. The van der Waals surface area contributed by atoms with Gasteiger partial charge in [0.1, 0.15) is 11.6 Å². The molecule has 4 nitrogen and oxygen atoms in total. The van der Waals surface area contributed by atoms with Gasteiger partial charge in [0, 0.05) is 12.8 Å². The van der Waals surface area contributed by atoms with Crippen LogP contribution in [0.15, 0.2) is 0 Å². The molecule has 0 aromatic rings. The Balaban J connectivity index is 0.000000277. The lowest BCUT2D eigenvalue weighted by Gasteiger charge is -2.06. The second kappa shape index (κ2) is 18.6. The molecule has 0 bridgehead atoms. The van der Waals surface area contributed by atoms with E-state index in [1.54, 1.807) is 0 Å². The largest absolute Gasteiger partial charge is 0.310 e. The average molecular weight is 381 g/mol. The number of hydrogen-bond acceptors (Lipinski definition) is 4. The molecule has 0 radical (unpaired) electrons. The van der Waals surface area contributed by atoms with Crippen molar-refractivity contribution in [2.45, 2.75) is 109 Å². The maximum absolute atomic E-state index is 11.4. The van der Waals surface area contributed by atoms with Gasteiger partial charge in [-0.2, -0.15) is 0 Å². The Labute approximate surface area is 167 Å². The summed E-state index contributed by atoms with van der Waals surface area (Å²) in [7, 11) is 0. The highest BCUT2D eigenvalue weighted by molar-refractivity contribution is 5.80. The molecule has 0 saturated carbocycles. The highest BCUT2D eigenvalue weighted by Crippen LogP contribution is 2.11. The Kier molecular flexibility index (Phi) is 16.8. The first-order valence-electron chi connectivity index (χ1n) is 11.7. The van der Waals surface area contributed by atoms with Gasteiger partial charge in [-0.1, -0.05) is 70.6 Å². The molecule has 0 spiro atoms. The van der Waals surface area contributed by atoms with Crippen LogP contribution in [0, 0.1) is 0 Å². The van der Waals surface area contributed by atoms with E-state index < -0.39 is 0 Å². The monoisotopic (exact) mass is 380 g/mol. The van der Waals surface area contributed by atoms with E-state index in [9.17, 15) is 9.59 Å². The quantitative estimate of drug-likeness (QED) is 0.624. The average Bonchev–Trinajstić information content (AvgIpc) is 2.72. The fourth-order valence-electron chi connectivity index (χ4n) is 3.72. The first-order chi connectivity index (χ1) is 13.3. The highest BCUT2D eigenvalue weighted by atomic mass is 16.1. The van der Waals surface area contributed by atoms with Gasteiger partial charge in [0.05, 0.1) is 13.1 Å². The summed E-state index contributed by atoms with van der Waals surface area (Å²) in [5.74, 6) is 0.781. The molecule has 2 rings (SSSR count). The predicted octanol–water partition coefficient (Wildman–Crippen LogP) is 4.95. The van der Waals surface area contributed by atoms with Gasteiger partial charge in [0.2, 0.25) is 0 Å². The van der Waals surface area contributed by atoms with Crippen LogP contribution in [0.2, 0.25) is 0 Å². The van der Waals surface area contributed by atoms with Crippen molar-refractivity contribution < 1.29 is 9.59 Å². The van der Waals surface area contributed by atoms with Crippen LogP contribution in [0.4, 0.5) is 0 Å². The van der Waals surface area contributed by atoms with Gasteiger partial charge in [-0.15, -0.1) is 0 Å². The molecule has 158 valence electrons. The van der Waals surface area contributed by atoms with E-state index in [1.807, 2.05) is 0 Å². The van der Waals surface area contributed by atoms with Gasteiger partial charge >= 0.3 is 0 Å². The molecule has 2 heterocycles. The molecule has 0 atom stereocenters. The number of ketones is 2. The highest BCUT2D eigenvalue weighted by Gasteiger charge is 2.03. The summed E-state index contributed by atoms with van der Waals surface area (Å²) in [6, 6.07) is 0. The summed E-state index contributed by atoms with van der Waals surface area (Å²) in [4.78, 5) is 22.5. The number of rotatable bonds is 0. The molecule has 2 N–H and O–H groups in total. The summed E-state index contributed by atoms with van der Waals surface area (Å²) in [5.41, 5.74) is 0. The van der Waals surface area contributed by atoms with Crippen molar-refractivity contribution in [3.8, 4) is 0 Å². The van der Waals surface area contributed by atoms with Gasteiger partial charge in [-0.3, -0.25) is 9.59 Å². The normalized spacial score (nSPS) is 23.3. The second-order valence-electron chi connectivity index (χ2n) is 8.23. The lowest BCUT2D eigenvalue weighted by Crippen LogP contribution is -2.23. The van der Waals surface area contributed by atoms with Crippen LogP contribution < -0.4 is 10.6 Å².